The maximum absolute atomic E-state index is 10.8. The summed E-state index contributed by atoms with van der Waals surface area (Å²) in [5.41, 5.74) is 7.10. The van der Waals surface area contributed by atoms with E-state index >= 15 is 0 Å². The van der Waals surface area contributed by atoms with Crippen LogP contribution in [0.4, 0.5) is 10.5 Å². The van der Waals surface area contributed by atoms with Crippen LogP contribution < -0.4 is 16.4 Å². The van der Waals surface area contributed by atoms with Crippen LogP contribution in [-0.2, 0) is 0 Å². The summed E-state index contributed by atoms with van der Waals surface area (Å²) < 4.78 is 0. The summed E-state index contributed by atoms with van der Waals surface area (Å²) in [4.78, 5) is 10.8. The Bertz CT molecular complexity index is 484. The third-order valence-electron chi connectivity index (χ3n) is 4.82. The van der Waals surface area contributed by atoms with Gasteiger partial charge in [-0.2, -0.15) is 0 Å². The number of hydrogen-bond donors (Lipinski definition) is 3. The number of amides is 2. The van der Waals surface area contributed by atoms with Gasteiger partial charge in [0.15, 0.2) is 0 Å². The van der Waals surface area contributed by atoms with Gasteiger partial charge < -0.3 is 16.4 Å². The molecule has 122 valence electrons. The van der Waals surface area contributed by atoms with Gasteiger partial charge in [-0.25, -0.2) is 4.79 Å². The monoisotopic (exact) mass is 303 g/mol. The van der Waals surface area contributed by atoms with Crippen molar-refractivity contribution in [3.05, 3.63) is 29.8 Å². The Morgan fingerprint density at radius 3 is 2.36 bits per heavy atom. The second-order valence-corrected chi connectivity index (χ2v) is 6.80. The quantitative estimate of drug-likeness (QED) is 0.768. The van der Waals surface area contributed by atoms with Crippen LogP contribution in [0.25, 0.3) is 0 Å². The van der Waals surface area contributed by atoms with Crippen molar-refractivity contribution in [3.8, 4) is 0 Å². The lowest BCUT2D eigenvalue weighted by Crippen LogP contribution is -2.42. The number of carbonyl (C=O) groups is 1. The van der Waals surface area contributed by atoms with Crippen LogP contribution in [0, 0.1) is 11.8 Å². The minimum atomic E-state index is -0.527. The molecule has 2 amide bonds. The van der Waals surface area contributed by atoms with E-state index < -0.39 is 6.03 Å². The summed E-state index contributed by atoms with van der Waals surface area (Å²) in [7, 11) is 0. The van der Waals surface area contributed by atoms with E-state index in [2.05, 4.69) is 43.5 Å². The van der Waals surface area contributed by atoms with Crippen molar-refractivity contribution < 1.29 is 4.79 Å². The highest BCUT2D eigenvalue weighted by atomic mass is 16.2. The first-order valence-corrected chi connectivity index (χ1v) is 8.40. The molecule has 2 rings (SSSR count). The molecule has 0 heterocycles. The van der Waals surface area contributed by atoms with E-state index in [0.717, 1.165) is 17.5 Å². The smallest absolute Gasteiger partial charge is 0.316 e. The Hall–Kier alpha value is -1.55. The van der Waals surface area contributed by atoms with E-state index in [1.807, 2.05) is 12.1 Å². The average molecular weight is 303 g/mol. The lowest BCUT2D eigenvalue weighted by atomic mass is 9.77. The minimum Gasteiger partial charge on any atom is -0.351 e. The fraction of sp³-hybridized carbons (Fsp3) is 0.611. The van der Waals surface area contributed by atoms with Crippen LogP contribution >= 0.6 is 0 Å². The van der Waals surface area contributed by atoms with Gasteiger partial charge in [-0.15, -0.1) is 0 Å². The minimum absolute atomic E-state index is 0.312. The summed E-state index contributed by atoms with van der Waals surface area (Å²) in [5, 5.41) is 6.41. The van der Waals surface area contributed by atoms with Crippen molar-refractivity contribution in [1.29, 1.82) is 0 Å². The summed E-state index contributed by atoms with van der Waals surface area (Å²) in [6.07, 6.45) is 5.30. The van der Waals surface area contributed by atoms with Gasteiger partial charge in [-0.3, -0.25) is 0 Å². The van der Waals surface area contributed by atoms with Gasteiger partial charge >= 0.3 is 6.03 Å². The first-order chi connectivity index (χ1) is 10.5. The van der Waals surface area contributed by atoms with Crippen LogP contribution in [0.5, 0.6) is 0 Å². The van der Waals surface area contributed by atoms with Crippen LogP contribution in [0.3, 0.4) is 0 Å². The number of primary amides is 1. The Balaban J connectivity index is 1.98. The van der Waals surface area contributed by atoms with Gasteiger partial charge in [0.1, 0.15) is 0 Å². The fourth-order valence-corrected chi connectivity index (χ4v) is 3.58. The Morgan fingerprint density at radius 1 is 1.14 bits per heavy atom. The molecule has 1 aliphatic rings. The number of urea groups is 1. The predicted octanol–water partition coefficient (Wildman–Crippen LogP) is 4.04. The van der Waals surface area contributed by atoms with Crippen LogP contribution in [0.2, 0.25) is 0 Å². The van der Waals surface area contributed by atoms with Crippen molar-refractivity contribution in [1.82, 2.24) is 5.32 Å². The Kier molecular flexibility index (Phi) is 5.83. The normalized spacial score (nSPS) is 23.3. The number of benzene rings is 1. The first-order valence-electron chi connectivity index (χ1n) is 8.40. The summed E-state index contributed by atoms with van der Waals surface area (Å²) in [5.74, 6) is 1.50. The molecule has 4 heteroatoms. The van der Waals surface area contributed by atoms with Crippen molar-refractivity contribution in [3.63, 3.8) is 0 Å². The van der Waals surface area contributed by atoms with Gasteiger partial charge in [-0.1, -0.05) is 38.8 Å². The Labute approximate surface area is 133 Å². The zero-order chi connectivity index (χ0) is 16.1. The van der Waals surface area contributed by atoms with E-state index in [-0.39, 0.29) is 0 Å². The van der Waals surface area contributed by atoms with Crippen molar-refractivity contribution in [2.45, 2.75) is 58.5 Å². The topological polar surface area (TPSA) is 67.2 Å². The number of rotatable bonds is 5. The molecule has 0 aliphatic heterocycles. The number of anilines is 1. The van der Waals surface area contributed by atoms with E-state index in [1.165, 1.54) is 31.2 Å². The molecule has 1 fully saturated rings. The van der Waals surface area contributed by atoms with E-state index in [4.69, 9.17) is 5.73 Å². The molecule has 1 aromatic carbocycles. The first kappa shape index (κ1) is 16.8. The molecule has 22 heavy (non-hydrogen) atoms. The van der Waals surface area contributed by atoms with Gasteiger partial charge in [0.25, 0.3) is 0 Å². The number of carbonyl (C=O) groups excluding carboxylic acids is 1. The molecule has 4 nitrogen and oxygen atoms in total. The molecular formula is C18H29N3O. The van der Waals surface area contributed by atoms with Gasteiger partial charge in [-0.05, 0) is 49.3 Å². The summed E-state index contributed by atoms with van der Waals surface area (Å²) >= 11 is 0. The zero-order valence-electron chi connectivity index (χ0n) is 13.9. The van der Waals surface area contributed by atoms with Crippen molar-refractivity contribution >= 4 is 11.7 Å². The molecular weight excluding hydrogens is 274 g/mol. The molecule has 0 radical (unpaired) electrons. The molecule has 3 atom stereocenters. The third-order valence-corrected chi connectivity index (χ3v) is 4.82. The number of nitrogens with one attached hydrogen (secondary N) is 2. The molecule has 3 unspecified atom stereocenters. The molecule has 1 aliphatic carbocycles. The molecule has 1 saturated carbocycles. The van der Waals surface area contributed by atoms with E-state index in [0.29, 0.717) is 12.1 Å². The van der Waals surface area contributed by atoms with E-state index in [9.17, 15) is 4.79 Å². The third kappa shape index (κ3) is 4.47. The molecule has 0 bridgehead atoms. The highest BCUT2D eigenvalue weighted by molar-refractivity contribution is 5.87. The average Bonchev–Trinajstić information content (AvgIpc) is 2.47. The maximum atomic E-state index is 10.8. The molecule has 0 spiro atoms. The maximum Gasteiger partial charge on any atom is 0.316 e. The highest BCUT2D eigenvalue weighted by Gasteiger charge is 2.28. The van der Waals surface area contributed by atoms with Gasteiger partial charge in [0, 0.05) is 17.8 Å². The standard InChI is InChI=1S/C18H29N3O/c1-12(2)16-6-4-5-7-17(16)20-13(3)14-8-10-15(11-9-14)21-18(19)22/h8-13,16-17,20H,4-7H2,1-3H3,(H3,19,21,22). The van der Waals surface area contributed by atoms with Crippen LogP contribution in [-0.4, -0.2) is 12.1 Å². The number of nitrogens with two attached hydrogens (primary N) is 1. The zero-order valence-corrected chi connectivity index (χ0v) is 13.9. The molecule has 0 aromatic heterocycles. The summed E-state index contributed by atoms with van der Waals surface area (Å²) in [6, 6.07) is 8.30. The van der Waals surface area contributed by atoms with Crippen LogP contribution in [0.15, 0.2) is 24.3 Å². The molecule has 0 saturated heterocycles. The number of hydrogen-bond acceptors (Lipinski definition) is 2. The van der Waals surface area contributed by atoms with Gasteiger partial charge in [0.2, 0.25) is 0 Å². The van der Waals surface area contributed by atoms with E-state index in [1.54, 1.807) is 0 Å². The summed E-state index contributed by atoms with van der Waals surface area (Å²) in [6.45, 7) is 6.88. The van der Waals surface area contributed by atoms with Crippen molar-refractivity contribution in [2.75, 3.05) is 5.32 Å². The Morgan fingerprint density at radius 2 is 1.77 bits per heavy atom. The lowest BCUT2D eigenvalue weighted by Gasteiger charge is -2.37. The second kappa shape index (κ2) is 7.63. The van der Waals surface area contributed by atoms with Crippen molar-refractivity contribution in [2.24, 2.45) is 17.6 Å². The largest absolute Gasteiger partial charge is 0.351 e. The fourth-order valence-electron chi connectivity index (χ4n) is 3.58. The second-order valence-electron chi connectivity index (χ2n) is 6.80. The molecule has 1 aromatic rings. The predicted molar refractivity (Wildman–Crippen MR) is 91.8 cm³/mol. The molecule has 4 N–H and O–H groups in total. The lowest BCUT2D eigenvalue weighted by molar-refractivity contribution is 0.195. The van der Waals surface area contributed by atoms with Gasteiger partial charge in [0.05, 0.1) is 0 Å². The SMILES string of the molecule is CC(NC1CCCCC1C(C)C)c1ccc(NC(N)=O)cc1. The van der Waals surface area contributed by atoms with Crippen LogP contribution in [0.1, 0.15) is 58.1 Å². The highest BCUT2D eigenvalue weighted by Crippen LogP contribution is 2.31.